The first-order valence-corrected chi connectivity index (χ1v) is 7.61. The zero-order valence-corrected chi connectivity index (χ0v) is 12.0. The maximum atomic E-state index is 12.4. The van der Waals surface area contributed by atoms with E-state index in [1.165, 1.54) is 0 Å². The Hall–Kier alpha value is -1.43. The van der Waals surface area contributed by atoms with E-state index in [1.807, 2.05) is 4.90 Å². The summed E-state index contributed by atoms with van der Waals surface area (Å²) in [6, 6.07) is 0. The van der Waals surface area contributed by atoms with Gasteiger partial charge in [0.2, 0.25) is 5.82 Å². The minimum absolute atomic E-state index is 0.0713. The van der Waals surface area contributed by atoms with Crippen molar-refractivity contribution in [1.82, 2.24) is 20.1 Å². The molecule has 1 atom stereocenters. The van der Waals surface area contributed by atoms with E-state index >= 15 is 0 Å². The Morgan fingerprint density at radius 1 is 1.45 bits per heavy atom. The zero-order chi connectivity index (χ0) is 13.9. The van der Waals surface area contributed by atoms with Gasteiger partial charge in [0.15, 0.2) is 0 Å². The molecule has 20 heavy (non-hydrogen) atoms. The molecule has 0 radical (unpaired) electrons. The van der Waals surface area contributed by atoms with Gasteiger partial charge in [0.1, 0.15) is 5.82 Å². The second-order valence-corrected chi connectivity index (χ2v) is 5.70. The van der Waals surface area contributed by atoms with Crippen molar-refractivity contribution in [3.05, 3.63) is 11.6 Å². The summed E-state index contributed by atoms with van der Waals surface area (Å²) in [7, 11) is 0. The number of carbonyl (C=O) groups excluding carboxylic acids is 1. The fourth-order valence-electron chi connectivity index (χ4n) is 2.59. The molecular formula is C14H22N4O2. The molecule has 1 aliphatic carbocycles. The van der Waals surface area contributed by atoms with Crippen LogP contribution in [-0.2, 0) is 4.74 Å². The topological polar surface area (TPSA) is 71.1 Å². The molecule has 1 aromatic rings. The molecule has 1 unspecified atom stereocenters. The van der Waals surface area contributed by atoms with Crippen LogP contribution in [0.4, 0.5) is 0 Å². The van der Waals surface area contributed by atoms with Crippen LogP contribution in [0.1, 0.15) is 61.4 Å². The van der Waals surface area contributed by atoms with Crippen molar-refractivity contribution < 1.29 is 9.53 Å². The first kappa shape index (κ1) is 13.5. The molecule has 1 aromatic heterocycles. The summed E-state index contributed by atoms with van der Waals surface area (Å²) in [5.41, 5.74) is 0. The molecule has 6 nitrogen and oxygen atoms in total. The lowest BCUT2D eigenvalue weighted by molar-refractivity contribution is 0.00173. The van der Waals surface area contributed by atoms with Crippen LogP contribution in [0.2, 0.25) is 0 Å². The highest BCUT2D eigenvalue weighted by Crippen LogP contribution is 2.37. The number of aromatic nitrogens is 3. The van der Waals surface area contributed by atoms with Gasteiger partial charge in [-0.05, 0) is 32.1 Å². The molecule has 0 spiro atoms. The predicted octanol–water partition coefficient (Wildman–Crippen LogP) is 1.71. The summed E-state index contributed by atoms with van der Waals surface area (Å²) in [6.45, 7) is 4.29. The monoisotopic (exact) mass is 278 g/mol. The minimum Gasteiger partial charge on any atom is -0.376 e. The number of amides is 1. The van der Waals surface area contributed by atoms with Gasteiger partial charge in [0.05, 0.1) is 6.10 Å². The zero-order valence-electron chi connectivity index (χ0n) is 12.0. The second-order valence-electron chi connectivity index (χ2n) is 5.70. The Morgan fingerprint density at radius 2 is 2.30 bits per heavy atom. The largest absolute Gasteiger partial charge is 0.376 e. The first-order chi connectivity index (χ1) is 9.78. The lowest BCUT2D eigenvalue weighted by Crippen LogP contribution is -2.43. The molecule has 2 heterocycles. The van der Waals surface area contributed by atoms with Crippen LogP contribution in [-0.4, -0.2) is 51.8 Å². The van der Waals surface area contributed by atoms with Crippen molar-refractivity contribution in [2.45, 2.75) is 51.0 Å². The highest BCUT2D eigenvalue weighted by atomic mass is 16.5. The lowest BCUT2D eigenvalue weighted by Gasteiger charge is -2.31. The maximum absolute atomic E-state index is 12.4. The fraction of sp³-hybridized carbons (Fsp3) is 0.786. The lowest BCUT2D eigenvalue weighted by atomic mass is 10.1. The average molecular weight is 278 g/mol. The third kappa shape index (κ3) is 3.00. The third-order valence-electron chi connectivity index (χ3n) is 3.88. The van der Waals surface area contributed by atoms with Gasteiger partial charge in [-0.1, -0.05) is 6.92 Å². The highest BCUT2D eigenvalue weighted by Gasteiger charge is 2.31. The van der Waals surface area contributed by atoms with Gasteiger partial charge < -0.3 is 9.64 Å². The number of piperidine rings is 1. The Balaban J connectivity index is 1.60. The molecule has 2 fully saturated rings. The van der Waals surface area contributed by atoms with Crippen molar-refractivity contribution >= 4 is 5.91 Å². The van der Waals surface area contributed by atoms with E-state index in [9.17, 15) is 4.79 Å². The number of rotatable bonds is 5. The summed E-state index contributed by atoms with van der Waals surface area (Å²) < 4.78 is 5.76. The number of H-pyrrole nitrogens is 1. The Kier molecular flexibility index (Phi) is 4.00. The number of hydrogen-bond donors (Lipinski definition) is 1. The van der Waals surface area contributed by atoms with Crippen LogP contribution in [0.3, 0.4) is 0 Å². The fourth-order valence-corrected chi connectivity index (χ4v) is 2.59. The highest BCUT2D eigenvalue weighted by molar-refractivity contribution is 5.90. The van der Waals surface area contributed by atoms with E-state index in [0.717, 1.165) is 51.1 Å². The summed E-state index contributed by atoms with van der Waals surface area (Å²) >= 11 is 0. The molecule has 0 bridgehead atoms. The number of aromatic amines is 1. The number of likely N-dealkylation sites (tertiary alicyclic amines) is 1. The number of nitrogens with zero attached hydrogens (tertiary/aromatic N) is 3. The Bertz CT molecular complexity index is 469. The SMILES string of the molecule is CCCOC1CCCN(C(=O)c2n[nH]c(C3CC3)n2)C1. The van der Waals surface area contributed by atoms with Gasteiger partial charge in [-0.25, -0.2) is 4.98 Å². The van der Waals surface area contributed by atoms with Gasteiger partial charge in [-0.2, -0.15) is 0 Å². The summed E-state index contributed by atoms with van der Waals surface area (Å²) in [4.78, 5) is 18.6. The van der Waals surface area contributed by atoms with Crippen molar-refractivity contribution in [1.29, 1.82) is 0 Å². The van der Waals surface area contributed by atoms with Crippen LogP contribution < -0.4 is 0 Å². The molecule has 0 aromatic carbocycles. The minimum atomic E-state index is -0.0713. The molecule has 2 aliphatic rings. The van der Waals surface area contributed by atoms with E-state index in [4.69, 9.17) is 4.74 Å². The van der Waals surface area contributed by atoms with Gasteiger partial charge in [0.25, 0.3) is 5.91 Å². The van der Waals surface area contributed by atoms with Crippen molar-refractivity contribution in [2.75, 3.05) is 19.7 Å². The van der Waals surface area contributed by atoms with Crippen LogP contribution in [0.25, 0.3) is 0 Å². The van der Waals surface area contributed by atoms with Gasteiger partial charge in [-0.3, -0.25) is 9.89 Å². The van der Waals surface area contributed by atoms with E-state index < -0.39 is 0 Å². The number of carbonyl (C=O) groups is 1. The molecule has 1 saturated carbocycles. The number of ether oxygens (including phenoxy) is 1. The number of hydrogen-bond acceptors (Lipinski definition) is 4. The molecule has 1 aliphatic heterocycles. The molecular weight excluding hydrogens is 256 g/mol. The molecule has 1 N–H and O–H groups in total. The van der Waals surface area contributed by atoms with Crippen molar-refractivity contribution in [3.8, 4) is 0 Å². The Morgan fingerprint density at radius 3 is 3.05 bits per heavy atom. The van der Waals surface area contributed by atoms with Crippen molar-refractivity contribution in [3.63, 3.8) is 0 Å². The normalized spacial score (nSPS) is 23.1. The second kappa shape index (κ2) is 5.91. The molecule has 6 heteroatoms. The quantitative estimate of drug-likeness (QED) is 0.890. The predicted molar refractivity (Wildman–Crippen MR) is 73.5 cm³/mol. The molecule has 1 amide bonds. The van der Waals surface area contributed by atoms with Crippen LogP contribution >= 0.6 is 0 Å². The van der Waals surface area contributed by atoms with E-state index in [2.05, 4.69) is 22.1 Å². The smallest absolute Gasteiger partial charge is 0.293 e. The summed E-state index contributed by atoms with van der Waals surface area (Å²) in [6.07, 6.45) is 5.50. The van der Waals surface area contributed by atoms with Gasteiger partial charge in [0, 0.05) is 25.6 Å². The van der Waals surface area contributed by atoms with Crippen LogP contribution in [0.15, 0.2) is 0 Å². The summed E-state index contributed by atoms with van der Waals surface area (Å²) in [5, 5.41) is 6.96. The standard InChI is InChI=1S/C14H22N4O2/c1-2-8-20-11-4-3-7-18(9-11)14(19)13-15-12(16-17-13)10-5-6-10/h10-11H,2-9H2,1H3,(H,15,16,17). The average Bonchev–Trinajstić information content (AvgIpc) is 3.22. The van der Waals surface area contributed by atoms with E-state index in [1.54, 1.807) is 0 Å². The first-order valence-electron chi connectivity index (χ1n) is 7.61. The van der Waals surface area contributed by atoms with Crippen LogP contribution in [0.5, 0.6) is 0 Å². The Labute approximate surface area is 118 Å². The molecule has 3 rings (SSSR count). The van der Waals surface area contributed by atoms with E-state index in [-0.39, 0.29) is 12.0 Å². The third-order valence-corrected chi connectivity index (χ3v) is 3.88. The van der Waals surface area contributed by atoms with Crippen LogP contribution in [0, 0.1) is 0 Å². The molecule has 110 valence electrons. The van der Waals surface area contributed by atoms with Gasteiger partial charge >= 0.3 is 0 Å². The van der Waals surface area contributed by atoms with E-state index in [0.29, 0.717) is 18.3 Å². The summed E-state index contributed by atoms with van der Waals surface area (Å²) in [5.74, 6) is 1.59. The molecule has 1 saturated heterocycles. The maximum Gasteiger partial charge on any atom is 0.293 e. The van der Waals surface area contributed by atoms with Crippen molar-refractivity contribution in [2.24, 2.45) is 0 Å². The number of nitrogens with one attached hydrogen (secondary N) is 1. The van der Waals surface area contributed by atoms with Gasteiger partial charge in [-0.15, -0.1) is 5.10 Å².